The third kappa shape index (κ3) is 5.93. The van der Waals surface area contributed by atoms with E-state index in [-0.39, 0.29) is 22.7 Å². The number of Topliss-reactive ketones (excluding diaryl/α,β-unsaturated/α-hetero) is 1. The number of nitrogens with zero attached hydrogens (tertiary/aromatic N) is 4. The largest absolute Gasteiger partial charge is 0.349 e. The van der Waals surface area contributed by atoms with Crippen LogP contribution in [0, 0.1) is 0 Å². The van der Waals surface area contributed by atoms with Gasteiger partial charge in [-0.1, -0.05) is 59.7 Å². The molecule has 8 heteroatoms. The zero-order valence-corrected chi connectivity index (χ0v) is 20.1. The van der Waals surface area contributed by atoms with Crippen LogP contribution < -0.4 is 10.2 Å². The molecule has 0 spiro atoms. The van der Waals surface area contributed by atoms with Gasteiger partial charge in [0.15, 0.2) is 5.78 Å². The minimum atomic E-state index is -1.23. The summed E-state index contributed by atoms with van der Waals surface area (Å²) >= 11 is 0. The molecule has 3 aromatic carbocycles. The second kappa shape index (κ2) is 10.7. The van der Waals surface area contributed by atoms with E-state index >= 15 is 0 Å². The summed E-state index contributed by atoms with van der Waals surface area (Å²) in [5.74, 6) is -1.23. The molecule has 1 unspecified atom stereocenters. The quantitative estimate of drug-likeness (QED) is 0.194. The molecule has 1 atom stereocenters. The number of carbonyl (C=O) groups excluding carboxylic acids is 3. The minimum absolute atomic E-state index is 0.204. The molecule has 35 heavy (non-hydrogen) atoms. The van der Waals surface area contributed by atoms with Crippen LogP contribution in [0.5, 0.6) is 0 Å². The van der Waals surface area contributed by atoms with E-state index in [9.17, 15) is 14.4 Å². The lowest BCUT2D eigenvalue weighted by Crippen LogP contribution is -2.49. The Balaban J connectivity index is 2.36. The molecule has 8 nitrogen and oxygen atoms in total. The van der Waals surface area contributed by atoms with Crippen LogP contribution in [0.2, 0.25) is 0 Å². The van der Waals surface area contributed by atoms with Gasteiger partial charge in [0.1, 0.15) is 6.04 Å². The van der Waals surface area contributed by atoms with E-state index in [0.717, 1.165) is 0 Å². The molecule has 1 N–H and O–H groups in total. The van der Waals surface area contributed by atoms with Gasteiger partial charge in [0.2, 0.25) is 5.91 Å². The van der Waals surface area contributed by atoms with Crippen molar-refractivity contribution in [3.8, 4) is 0 Å². The molecule has 0 saturated heterocycles. The van der Waals surface area contributed by atoms with Crippen molar-refractivity contribution in [3.05, 3.63) is 106 Å². The second-order valence-corrected chi connectivity index (χ2v) is 9.00. The van der Waals surface area contributed by atoms with Gasteiger partial charge in [-0.25, -0.2) is 0 Å². The number of carbonyl (C=O) groups is 3. The van der Waals surface area contributed by atoms with Crippen LogP contribution in [0.3, 0.4) is 0 Å². The van der Waals surface area contributed by atoms with Crippen LogP contribution in [-0.4, -0.2) is 23.1 Å². The monoisotopic (exact) mass is 469 g/mol. The molecule has 0 aliphatic heterocycles. The molecule has 3 aromatic rings. The number of rotatable bonds is 7. The van der Waals surface area contributed by atoms with Crippen LogP contribution in [0.15, 0.2) is 84.0 Å². The van der Waals surface area contributed by atoms with Gasteiger partial charge in [0.25, 0.3) is 5.91 Å². The zero-order chi connectivity index (χ0) is 25.6. The number of anilines is 1. The molecule has 178 valence electrons. The van der Waals surface area contributed by atoms with Gasteiger partial charge in [-0.05, 0) is 63.1 Å². The Labute approximate surface area is 204 Å². The van der Waals surface area contributed by atoms with Crippen LogP contribution in [0.25, 0.3) is 10.4 Å². The molecule has 0 aliphatic rings. The third-order valence-electron chi connectivity index (χ3n) is 5.17. The van der Waals surface area contributed by atoms with Gasteiger partial charge in [-0.2, -0.15) is 0 Å². The molecule has 0 radical (unpaired) electrons. The lowest BCUT2D eigenvalue weighted by Gasteiger charge is -2.35. The smallest absolute Gasteiger partial charge is 0.259 e. The number of para-hydroxylation sites is 1. The fraction of sp³-hybridized carbons (Fsp3) is 0.222. The number of azide groups is 1. The highest BCUT2D eigenvalue weighted by Gasteiger charge is 2.37. The summed E-state index contributed by atoms with van der Waals surface area (Å²) in [4.78, 5) is 44.6. The van der Waals surface area contributed by atoms with Crippen LogP contribution in [-0.2, 0) is 4.79 Å². The van der Waals surface area contributed by atoms with Crippen LogP contribution in [0.4, 0.5) is 11.4 Å². The Kier molecular flexibility index (Phi) is 7.69. The summed E-state index contributed by atoms with van der Waals surface area (Å²) in [6.45, 7) is 6.89. The topological polar surface area (TPSA) is 115 Å². The van der Waals surface area contributed by atoms with Crippen LogP contribution in [0.1, 0.15) is 60.0 Å². The zero-order valence-electron chi connectivity index (χ0n) is 20.1. The Morgan fingerprint density at radius 1 is 0.914 bits per heavy atom. The van der Waals surface area contributed by atoms with Crippen molar-refractivity contribution in [1.29, 1.82) is 0 Å². The Morgan fingerprint density at radius 2 is 1.51 bits per heavy atom. The molecule has 0 saturated carbocycles. The summed E-state index contributed by atoms with van der Waals surface area (Å²) in [5, 5.41) is 6.71. The molecular weight excluding hydrogens is 442 g/mol. The van der Waals surface area contributed by atoms with Crippen molar-refractivity contribution in [2.24, 2.45) is 5.11 Å². The lowest BCUT2D eigenvalue weighted by atomic mass is 9.97. The molecule has 2 amide bonds. The Morgan fingerprint density at radius 3 is 2.14 bits per heavy atom. The van der Waals surface area contributed by atoms with Crippen LogP contribution >= 0.6 is 0 Å². The number of amides is 2. The standard InChI is InChI=1S/C27H27N5O3/c1-18(33)20-14-9-11-17-23(20)32(26(35)19-12-6-5-7-13-19)24(25(34)29-27(2,3)4)21-15-8-10-16-22(21)30-31-28/h5-17,24H,1-4H3,(H,29,34). The third-order valence-corrected chi connectivity index (χ3v) is 5.17. The summed E-state index contributed by atoms with van der Waals surface area (Å²) in [6.07, 6.45) is 0. The van der Waals surface area contributed by atoms with Gasteiger partial charge < -0.3 is 5.32 Å². The normalized spacial score (nSPS) is 11.7. The van der Waals surface area contributed by atoms with E-state index in [1.165, 1.54) is 11.8 Å². The minimum Gasteiger partial charge on any atom is -0.349 e. The average molecular weight is 470 g/mol. The maximum Gasteiger partial charge on any atom is 0.259 e. The van der Waals surface area contributed by atoms with Crippen molar-refractivity contribution in [2.75, 3.05) is 4.90 Å². The fourth-order valence-corrected chi connectivity index (χ4v) is 3.76. The molecule has 0 heterocycles. The van der Waals surface area contributed by atoms with Crippen molar-refractivity contribution >= 4 is 29.0 Å². The Hall–Kier alpha value is -4.42. The van der Waals surface area contributed by atoms with Crippen molar-refractivity contribution in [3.63, 3.8) is 0 Å². The summed E-state index contributed by atoms with van der Waals surface area (Å²) < 4.78 is 0. The summed E-state index contributed by atoms with van der Waals surface area (Å²) in [6, 6.07) is 20.5. The van der Waals surface area contributed by atoms with Crippen molar-refractivity contribution in [1.82, 2.24) is 5.32 Å². The first-order valence-corrected chi connectivity index (χ1v) is 11.1. The van der Waals surface area contributed by atoms with E-state index in [2.05, 4.69) is 15.3 Å². The number of nitrogens with one attached hydrogen (secondary N) is 1. The maximum absolute atomic E-state index is 14.0. The number of hydrogen-bond donors (Lipinski definition) is 1. The van der Waals surface area contributed by atoms with E-state index in [1.54, 1.807) is 78.9 Å². The number of benzene rings is 3. The molecular formula is C27H27N5O3. The fourth-order valence-electron chi connectivity index (χ4n) is 3.76. The molecule has 0 fully saturated rings. The predicted molar refractivity (Wildman–Crippen MR) is 136 cm³/mol. The number of hydrogen-bond acceptors (Lipinski definition) is 4. The van der Waals surface area contributed by atoms with E-state index < -0.39 is 23.4 Å². The first-order valence-electron chi connectivity index (χ1n) is 11.1. The van der Waals surface area contributed by atoms with Crippen molar-refractivity contribution in [2.45, 2.75) is 39.3 Å². The molecule has 0 bridgehead atoms. The van der Waals surface area contributed by atoms with E-state index in [4.69, 9.17) is 5.53 Å². The second-order valence-electron chi connectivity index (χ2n) is 9.00. The average Bonchev–Trinajstić information content (AvgIpc) is 2.82. The summed E-state index contributed by atoms with van der Waals surface area (Å²) in [7, 11) is 0. The maximum atomic E-state index is 14.0. The highest BCUT2D eigenvalue weighted by Crippen LogP contribution is 2.36. The molecule has 3 rings (SSSR count). The highest BCUT2D eigenvalue weighted by molar-refractivity contribution is 6.13. The van der Waals surface area contributed by atoms with Gasteiger partial charge in [0.05, 0.1) is 5.69 Å². The first kappa shape index (κ1) is 25.2. The van der Waals surface area contributed by atoms with Crippen molar-refractivity contribution < 1.29 is 14.4 Å². The van der Waals surface area contributed by atoms with E-state index in [0.29, 0.717) is 11.1 Å². The van der Waals surface area contributed by atoms with Gasteiger partial charge >= 0.3 is 0 Å². The lowest BCUT2D eigenvalue weighted by molar-refractivity contribution is -0.123. The van der Waals surface area contributed by atoms with Gasteiger partial charge in [-0.15, -0.1) is 0 Å². The predicted octanol–water partition coefficient (Wildman–Crippen LogP) is 6.13. The first-order chi connectivity index (χ1) is 16.6. The molecule has 0 aromatic heterocycles. The SMILES string of the molecule is CC(=O)c1ccccc1N(C(=O)c1ccccc1)C(C(=O)NC(C)(C)C)c1ccccc1N=[N+]=[N-]. The number of ketones is 1. The molecule has 0 aliphatic carbocycles. The van der Waals surface area contributed by atoms with E-state index in [1.807, 2.05) is 20.8 Å². The summed E-state index contributed by atoms with van der Waals surface area (Å²) in [5.41, 5.74) is 9.95. The Bertz CT molecular complexity index is 1290. The van der Waals surface area contributed by atoms with Gasteiger partial charge in [0, 0.05) is 27.3 Å². The van der Waals surface area contributed by atoms with Gasteiger partial charge in [-0.3, -0.25) is 19.3 Å². The highest BCUT2D eigenvalue weighted by atomic mass is 16.2.